The molecular formula is C40H46O14. The van der Waals surface area contributed by atoms with Gasteiger partial charge in [-0.25, -0.2) is 9.59 Å². The predicted octanol–water partition coefficient (Wildman–Crippen LogP) is 2.30. The van der Waals surface area contributed by atoms with Gasteiger partial charge in [-0.15, -0.1) is 0 Å². The van der Waals surface area contributed by atoms with Crippen LogP contribution < -0.4 is 0 Å². The SMILES string of the molecule is CC(=O)O[C@H]1C(=O)[C@@]2(C)[C@H]([C@H](OC(=O)c3ccccc3)[C@]3(O)C[C@H](OC(=O)C(O)C(O)c4ccccc4)C(C)=C1C3(C)C)[C@]1(OC(C)=O)CO[C@@H]1C[C@@H]2O. The largest absolute Gasteiger partial charge is 0.456 e. The van der Waals surface area contributed by atoms with E-state index in [0.717, 1.165) is 13.8 Å². The minimum atomic E-state index is -2.35. The van der Waals surface area contributed by atoms with Gasteiger partial charge in [0.1, 0.15) is 30.0 Å². The molecule has 14 nitrogen and oxygen atoms in total. The number of carbonyl (C=O) groups is 5. The zero-order chi connectivity index (χ0) is 39.5. The summed E-state index contributed by atoms with van der Waals surface area (Å²) in [6.07, 6.45) is -12.1. The number of ether oxygens (including phenoxy) is 5. The van der Waals surface area contributed by atoms with E-state index in [1.54, 1.807) is 50.2 Å². The van der Waals surface area contributed by atoms with Crippen LogP contribution in [0.1, 0.15) is 76.4 Å². The van der Waals surface area contributed by atoms with Crippen molar-refractivity contribution in [2.24, 2.45) is 16.7 Å². The van der Waals surface area contributed by atoms with E-state index >= 15 is 4.79 Å². The number of aliphatic hydroxyl groups excluding tert-OH is 3. The number of hydrogen-bond donors (Lipinski definition) is 4. The van der Waals surface area contributed by atoms with Gasteiger partial charge >= 0.3 is 23.9 Å². The van der Waals surface area contributed by atoms with Gasteiger partial charge in [0.2, 0.25) is 0 Å². The normalized spacial score (nSPS) is 35.0. The molecule has 0 amide bonds. The van der Waals surface area contributed by atoms with Crippen LogP contribution in [0.25, 0.3) is 0 Å². The molecule has 2 unspecified atom stereocenters. The van der Waals surface area contributed by atoms with Crippen LogP contribution in [0.3, 0.4) is 0 Å². The molecule has 290 valence electrons. The van der Waals surface area contributed by atoms with Gasteiger partial charge in [-0.3, -0.25) is 14.4 Å². The lowest BCUT2D eigenvalue weighted by molar-refractivity contribution is -0.346. The summed E-state index contributed by atoms with van der Waals surface area (Å²) in [6.45, 7) is 7.96. The monoisotopic (exact) mass is 750 g/mol. The van der Waals surface area contributed by atoms with Gasteiger partial charge in [-0.1, -0.05) is 62.4 Å². The molecule has 2 aromatic rings. The van der Waals surface area contributed by atoms with E-state index in [2.05, 4.69) is 0 Å². The van der Waals surface area contributed by atoms with E-state index in [0.29, 0.717) is 0 Å². The van der Waals surface area contributed by atoms with Crippen molar-refractivity contribution in [3.05, 3.63) is 82.9 Å². The molecular weight excluding hydrogens is 704 g/mol. The maximum absolute atomic E-state index is 15.3. The van der Waals surface area contributed by atoms with Crippen molar-refractivity contribution >= 4 is 29.7 Å². The smallest absolute Gasteiger partial charge is 0.338 e. The summed E-state index contributed by atoms with van der Waals surface area (Å²) >= 11 is 0. The Morgan fingerprint density at radius 3 is 2.06 bits per heavy atom. The second kappa shape index (κ2) is 14.0. The summed E-state index contributed by atoms with van der Waals surface area (Å²) in [5.41, 5.74) is -7.26. The third kappa shape index (κ3) is 6.04. The quantitative estimate of drug-likeness (QED) is 0.173. The van der Waals surface area contributed by atoms with Crippen molar-refractivity contribution in [3.8, 4) is 0 Å². The molecule has 1 aliphatic heterocycles. The second-order valence-corrected chi connectivity index (χ2v) is 15.5. The van der Waals surface area contributed by atoms with Gasteiger partial charge in [-0.2, -0.15) is 0 Å². The number of ketones is 1. The molecule has 0 radical (unpaired) electrons. The van der Waals surface area contributed by atoms with Crippen molar-refractivity contribution in [3.63, 3.8) is 0 Å². The average molecular weight is 751 g/mol. The van der Waals surface area contributed by atoms with Gasteiger partial charge in [0, 0.05) is 32.1 Å². The summed E-state index contributed by atoms with van der Waals surface area (Å²) < 4.78 is 29.8. The molecule has 0 aromatic heterocycles. The van der Waals surface area contributed by atoms with Crippen LogP contribution in [0.5, 0.6) is 0 Å². The Kier molecular flexibility index (Phi) is 10.2. The Bertz CT molecular complexity index is 1860. The number of benzene rings is 2. The first-order chi connectivity index (χ1) is 25.3. The zero-order valence-electron chi connectivity index (χ0n) is 30.9. The van der Waals surface area contributed by atoms with Crippen molar-refractivity contribution in [1.29, 1.82) is 0 Å². The van der Waals surface area contributed by atoms with E-state index in [-0.39, 0.29) is 35.3 Å². The van der Waals surface area contributed by atoms with E-state index in [1.807, 2.05) is 0 Å². The fraction of sp³-hybridized carbons (Fsp3) is 0.525. The highest BCUT2D eigenvalue weighted by molar-refractivity contribution is 5.95. The van der Waals surface area contributed by atoms with Gasteiger partial charge in [0.25, 0.3) is 0 Å². The molecule has 4 N–H and O–H groups in total. The molecule has 1 heterocycles. The van der Waals surface area contributed by atoms with Gasteiger partial charge in [-0.05, 0) is 42.7 Å². The lowest BCUT2D eigenvalue weighted by Gasteiger charge is -2.67. The van der Waals surface area contributed by atoms with Crippen LogP contribution in [-0.2, 0) is 42.9 Å². The Morgan fingerprint density at radius 2 is 1.50 bits per heavy atom. The zero-order valence-corrected chi connectivity index (χ0v) is 30.9. The minimum Gasteiger partial charge on any atom is -0.456 e. The standard InChI is InChI=1S/C40H46O14/c1-20-25(52-36(48)30(45)29(44)23-13-9-7-10-14-23)18-40(49)34(53-35(47)24-15-11-8-12-16-24)32-38(6,26(43)17-27-39(32,19-50-27)54-22(3)42)33(46)31(51-21(2)41)28(20)37(40,4)5/h7-16,25-27,29-32,34,43-45,49H,17-19H2,1-6H3/t25-,26-,27+,29?,30?,31+,32-,34-,38+,39-,40+/m0/s1. The van der Waals surface area contributed by atoms with Gasteiger partial charge < -0.3 is 44.1 Å². The highest BCUT2D eigenvalue weighted by Crippen LogP contribution is 2.64. The molecule has 11 atom stereocenters. The lowest BCUT2D eigenvalue weighted by atomic mass is 9.44. The van der Waals surface area contributed by atoms with Gasteiger partial charge in [0.05, 0.1) is 29.6 Å². The molecule has 3 aliphatic carbocycles. The van der Waals surface area contributed by atoms with Crippen LogP contribution in [0.2, 0.25) is 0 Å². The van der Waals surface area contributed by atoms with Crippen molar-refractivity contribution in [2.75, 3.05) is 6.61 Å². The number of hydrogen-bond acceptors (Lipinski definition) is 14. The summed E-state index contributed by atoms with van der Waals surface area (Å²) in [6, 6.07) is 15.8. The third-order valence-electron chi connectivity index (χ3n) is 12.1. The fourth-order valence-corrected chi connectivity index (χ4v) is 9.19. The van der Waals surface area contributed by atoms with Crippen LogP contribution in [0.4, 0.5) is 0 Å². The van der Waals surface area contributed by atoms with E-state index in [1.165, 1.54) is 38.1 Å². The average Bonchev–Trinajstić information content (AvgIpc) is 3.12. The molecule has 0 spiro atoms. The molecule has 54 heavy (non-hydrogen) atoms. The van der Waals surface area contributed by atoms with Gasteiger partial charge in [0.15, 0.2) is 23.6 Å². The third-order valence-corrected chi connectivity index (χ3v) is 12.1. The van der Waals surface area contributed by atoms with Crippen molar-refractivity contribution in [2.45, 2.75) is 108 Å². The van der Waals surface area contributed by atoms with Crippen LogP contribution in [0, 0.1) is 16.7 Å². The number of Topliss-reactive ketones (excluding diaryl/α,β-unsaturated/α-hetero) is 1. The Morgan fingerprint density at radius 1 is 0.889 bits per heavy atom. The first kappa shape index (κ1) is 39.2. The summed E-state index contributed by atoms with van der Waals surface area (Å²) in [7, 11) is 0. The number of fused-ring (bicyclic) bond motifs is 5. The number of carbonyl (C=O) groups excluding carboxylic acids is 5. The fourth-order valence-electron chi connectivity index (χ4n) is 9.19. The van der Waals surface area contributed by atoms with E-state index < -0.39 is 107 Å². The maximum atomic E-state index is 15.3. The maximum Gasteiger partial charge on any atom is 0.338 e. The number of rotatable bonds is 8. The summed E-state index contributed by atoms with van der Waals surface area (Å²) in [5.74, 6) is -6.22. The molecule has 4 aliphatic rings. The molecule has 3 fully saturated rings. The molecule has 14 heteroatoms. The van der Waals surface area contributed by atoms with Crippen LogP contribution in [0.15, 0.2) is 71.8 Å². The van der Waals surface area contributed by atoms with Crippen molar-refractivity contribution in [1.82, 2.24) is 0 Å². The first-order valence-electron chi connectivity index (χ1n) is 17.8. The second-order valence-electron chi connectivity index (χ2n) is 15.5. The minimum absolute atomic E-state index is 0.00787. The molecule has 2 aromatic carbocycles. The number of esters is 4. The van der Waals surface area contributed by atoms with E-state index in [9.17, 15) is 39.6 Å². The topological polar surface area (TPSA) is 212 Å². The predicted molar refractivity (Wildman–Crippen MR) is 186 cm³/mol. The Hall–Kier alpha value is -4.47. The molecule has 1 saturated heterocycles. The Balaban J connectivity index is 1.58. The van der Waals surface area contributed by atoms with Crippen LogP contribution >= 0.6 is 0 Å². The van der Waals surface area contributed by atoms with Crippen molar-refractivity contribution < 1.29 is 68.1 Å². The highest BCUT2D eigenvalue weighted by atomic mass is 16.6. The molecule has 2 bridgehead atoms. The lowest BCUT2D eigenvalue weighted by Crippen LogP contribution is -2.82. The molecule has 2 saturated carbocycles. The summed E-state index contributed by atoms with van der Waals surface area (Å²) in [5, 5.41) is 47.2. The van der Waals surface area contributed by atoms with E-state index in [4.69, 9.17) is 23.7 Å². The Labute approximate surface area is 312 Å². The highest BCUT2D eigenvalue weighted by Gasteiger charge is 2.78. The van der Waals surface area contributed by atoms with Crippen LogP contribution in [-0.4, -0.2) is 105 Å². The molecule has 6 rings (SSSR count). The number of aliphatic hydroxyl groups is 4. The first-order valence-corrected chi connectivity index (χ1v) is 17.8. The summed E-state index contributed by atoms with van der Waals surface area (Å²) in [4.78, 5) is 68.6.